The zero-order valence-electron chi connectivity index (χ0n) is 6.56. The molecule has 60 valence electrons. The number of anilines is 1. The molecule has 4 nitrogen and oxygen atoms in total. The summed E-state index contributed by atoms with van der Waals surface area (Å²) in [6.07, 6.45) is 0. The van der Waals surface area contributed by atoms with Crippen molar-refractivity contribution in [1.82, 2.24) is 0 Å². The van der Waals surface area contributed by atoms with Crippen LogP contribution < -0.4 is 34.3 Å². The maximum Gasteiger partial charge on any atom is 1.00 e. The minimum absolute atomic E-state index is 0. The second-order valence-electron chi connectivity index (χ2n) is 1.94. The first kappa shape index (κ1) is 11.9. The molecule has 0 aliphatic rings. The third-order valence-corrected chi connectivity index (χ3v) is 1.51. The Bertz CT molecular complexity index is 324. The molecule has 12 heavy (non-hydrogen) atoms. The first-order valence-corrected chi connectivity index (χ1v) is 4.32. The molecule has 0 radical (unpaired) electrons. The average molecular weight is 196 g/mol. The van der Waals surface area contributed by atoms with E-state index in [0.29, 0.717) is 5.69 Å². The van der Waals surface area contributed by atoms with E-state index < -0.39 is 10.3 Å². The van der Waals surface area contributed by atoms with Crippen LogP contribution in [0.2, 0.25) is 0 Å². The van der Waals surface area contributed by atoms with Gasteiger partial charge in [-0.25, -0.2) is 0 Å². The fraction of sp³-hybridized carbons (Fsp3) is 0. The van der Waals surface area contributed by atoms with Gasteiger partial charge in [-0.1, -0.05) is 18.2 Å². The van der Waals surface area contributed by atoms with Crippen LogP contribution in [0.1, 0.15) is 0 Å². The molecule has 0 fully saturated rings. The molecule has 0 saturated carbocycles. The monoisotopic (exact) mass is 196 g/mol. The Kier molecular flexibility index (Phi) is 4.81. The molecule has 0 aliphatic carbocycles. The summed E-state index contributed by atoms with van der Waals surface area (Å²) in [5.74, 6) is 0. The largest absolute Gasteiger partial charge is 1.00 e. The molecule has 1 aromatic rings. The molecule has 2 N–H and O–H groups in total. The number of rotatable bonds is 2. The molecule has 1 aromatic carbocycles. The van der Waals surface area contributed by atoms with Crippen LogP contribution in [0, 0.1) is 0 Å². The van der Waals surface area contributed by atoms with Crippen LogP contribution >= 0.6 is 0 Å². The molecular formula is C6H7NNaO3S+. The maximum atomic E-state index is 10.2. The summed E-state index contributed by atoms with van der Waals surface area (Å²) in [4.78, 5) is 0. The third-order valence-electron chi connectivity index (χ3n) is 1.02. The second kappa shape index (κ2) is 4.84. The van der Waals surface area contributed by atoms with Crippen LogP contribution in [-0.2, 0) is 10.3 Å². The van der Waals surface area contributed by atoms with Crippen molar-refractivity contribution >= 4 is 16.0 Å². The van der Waals surface area contributed by atoms with E-state index in [2.05, 4.69) is 0 Å². The molecule has 0 aliphatic heterocycles. The minimum atomic E-state index is -4.13. The SMILES string of the molecule is O=S(=O)(O)Nc1ccccc1.[Na+]. The molecule has 0 atom stereocenters. The maximum absolute atomic E-state index is 10.2. The molecule has 0 heterocycles. The first-order valence-electron chi connectivity index (χ1n) is 2.88. The van der Waals surface area contributed by atoms with Gasteiger partial charge in [-0.3, -0.25) is 9.27 Å². The molecule has 0 bridgehead atoms. The summed E-state index contributed by atoms with van der Waals surface area (Å²) >= 11 is 0. The van der Waals surface area contributed by atoms with Gasteiger partial charge >= 0.3 is 39.9 Å². The van der Waals surface area contributed by atoms with Crippen molar-refractivity contribution in [2.45, 2.75) is 0 Å². The van der Waals surface area contributed by atoms with Crippen molar-refractivity contribution in [3.05, 3.63) is 30.3 Å². The molecule has 1 rings (SSSR count). The van der Waals surface area contributed by atoms with Crippen LogP contribution in [0.5, 0.6) is 0 Å². The molecule has 6 heteroatoms. The summed E-state index contributed by atoms with van der Waals surface area (Å²) in [6.45, 7) is 0. The van der Waals surface area contributed by atoms with Gasteiger partial charge in [-0.15, -0.1) is 0 Å². The number of benzene rings is 1. The molecule has 0 aromatic heterocycles. The van der Waals surface area contributed by atoms with Crippen LogP contribution in [-0.4, -0.2) is 13.0 Å². The number of hydrogen-bond acceptors (Lipinski definition) is 2. The van der Waals surface area contributed by atoms with E-state index in [1.54, 1.807) is 18.2 Å². The summed E-state index contributed by atoms with van der Waals surface area (Å²) < 4.78 is 30.7. The fourth-order valence-corrected chi connectivity index (χ4v) is 1.09. The van der Waals surface area contributed by atoms with Crippen LogP contribution in [0.4, 0.5) is 5.69 Å². The normalized spacial score (nSPS) is 10.1. The number of nitrogens with one attached hydrogen (secondary N) is 1. The van der Waals surface area contributed by atoms with E-state index in [9.17, 15) is 8.42 Å². The predicted octanol–water partition coefficient (Wildman–Crippen LogP) is -2.09. The van der Waals surface area contributed by atoms with Crippen molar-refractivity contribution in [1.29, 1.82) is 0 Å². The van der Waals surface area contributed by atoms with Gasteiger partial charge in [0.1, 0.15) is 0 Å². The number of hydrogen-bond donors (Lipinski definition) is 2. The quantitative estimate of drug-likeness (QED) is 0.421. The van der Waals surface area contributed by atoms with Crippen LogP contribution in [0.25, 0.3) is 0 Å². The zero-order valence-corrected chi connectivity index (χ0v) is 9.38. The van der Waals surface area contributed by atoms with E-state index in [0.717, 1.165) is 0 Å². The van der Waals surface area contributed by atoms with Gasteiger partial charge in [0.15, 0.2) is 0 Å². The number of para-hydroxylation sites is 1. The van der Waals surface area contributed by atoms with Crippen molar-refractivity contribution in [2.24, 2.45) is 0 Å². The van der Waals surface area contributed by atoms with Gasteiger partial charge in [0.25, 0.3) is 0 Å². The molecule has 0 amide bonds. The predicted molar refractivity (Wildman–Crippen MR) is 41.6 cm³/mol. The Morgan fingerprint density at radius 1 is 1.17 bits per heavy atom. The Labute approximate surface area is 93.2 Å². The van der Waals surface area contributed by atoms with Crippen molar-refractivity contribution in [3.8, 4) is 0 Å². The summed E-state index contributed by atoms with van der Waals surface area (Å²) in [7, 11) is -4.13. The van der Waals surface area contributed by atoms with Gasteiger partial charge in [0.2, 0.25) is 0 Å². The second-order valence-corrected chi connectivity index (χ2v) is 3.10. The molecule has 0 spiro atoms. The first-order chi connectivity index (χ1) is 5.08. The topological polar surface area (TPSA) is 66.4 Å². The molecule has 0 saturated heterocycles. The smallest absolute Gasteiger partial charge is 0.269 e. The van der Waals surface area contributed by atoms with E-state index in [1.807, 2.05) is 4.72 Å². The van der Waals surface area contributed by atoms with Gasteiger partial charge in [0.05, 0.1) is 5.69 Å². The van der Waals surface area contributed by atoms with E-state index in [1.165, 1.54) is 12.1 Å². The van der Waals surface area contributed by atoms with Crippen molar-refractivity contribution in [3.63, 3.8) is 0 Å². The van der Waals surface area contributed by atoms with Gasteiger partial charge < -0.3 is 0 Å². The van der Waals surface area contributed by atoms with E-state index >= 15 is 0 Å². The Morgan fingerprint density at radius 3 is 2.08 bits per heavy atom. The molecular weight excluding hydrogens is 189 g/mol. The zero-order chi connectivity index (χ0) is 8.32. The van der Waals surface area contributed by atoms with Gasteiger partial charge in [-0.05, 0) is 12.1 Å². The Hall–Kier alpha value is -0.0700. The van der Waals surface area contributed by atoms with E-state index in [-0.39, 0.29) is 29.6 Å². The van der Waals surface area contributed by atoms with Crippen LogP contribution in [0.3, 0.4) is 0 Å². The summed E-state index contributed by atoms with van der Waals surface area (Å²) in [5, 5.41) is 0. The van der Waals surface area contributed by atoms with Gasteiger partial charge in [-0.2, -0.15) is 8.42 Å². The third kappa shape index (κ3) is 4.74. The van der Waals surface area contributed by atoms with Crippen molar-refractivity contribution < 1.29 is 42.5 Å². The average Bonchev–Trinajstić information content (AvgIpc) is 1.85. The molecule has 0 unspecified atom stereocenters. The van der Waals surface area contributed by atoms with Gasteiger partial charge in [0, 0.05) is 0 Å². The van der Waals surface area contributed by atoms with Crippen LogP contribution in [0.15, 0.2) is 30.3 Å². The Morgan fingerprint density at radius 2 is 1.67 bits per heavy atom. The standard InChI is InChI=1S/C6H7NO3S.Na/c8-11(9,10)7-6-4-2-1-3-5-6;/h1-5,7H,(H,8,9,10);/q;+1. The summed E-state index contributed by atoms with van der Waals surface area (Å²) in [5.41, 5.74) is 0.343. The Balaban J connectivity index is 0.00000121. The fourth-order valence-electron chi connectivity index (χ4n) is 0.655. The van der Waals surface area contributed by atoms with E-state index in [4.69, 9.17) is 4.55 Å². The van der Waals surface area contributed by atoms with Crippen molar-refractivity contribution in [2.75, 3.05) is 4.72 Å². The minimum Gasteiger partial charge on any atom is -0.269 e. The summed E-state index contributed by atoms with van der Waals surface area (Å²) in [6, 6.07) is 8.14.